The van der Waals surface area contributed by atoms with Crippen LogP contribution in [0.15, 0.2) is 29.2 Å². The Hall–Kier alpha value is -0.560. The van der Waals surface area contributed by atoms with Crippen molar-refractivity contribution >= 4 is 21.8 Å². The minimum Gasteiger partial charge on any atom is -0.310 e. The fourth-order valence-corrected chi connectivity index (χ4v) is 4.70. The van der Waals surface area contributed by atoms with Crippen LogP contribution in [0, 0.1) is 0 Å². The van der Waals surface area contributed by atoms with Crippen LogP contribution in [-0.4, -0.2) is 44.4 Å². The highest BCUT2D eigenvalue weighted by molar-refractivity contribution is 7.99. The Kier molecular flexibility index (Phi) is 6.10. The molecule has 0 saturated heterocycles. The lowest BCUT2D eigenvalue weighted by molar-refractivity contribution is 0.408. The van der Waals surface area contributed by atoms with Gasteiger partial charge in [-0.3, -0.25) is 0 Å². The summed E-state index contributed by atoms with van der Waals surface area (Å²) in [6.07, 6.45) is 3.25. The van der Waals surface area contributed by atoms with Gasteiger partial charge in [0.05, 0.1) is 6.26 Å². The summed E-state index contributed by atoms with van der Waals surface area (Å²) in [4.78, 5) is 1.37. The quantitative estimate of drug-likeness (QED) is 0.781. The van der Waals surface area contributed by atoms with E-state index in [1.807, 2.05) is 18.7 Å². The molecular weight excluding hydrogens is 304 g/mol. The Morgan fingerprint density at radius 2 is 2.14 bits per heavy atom. The van der Waals surface area contributed by atoms with Crippen molar-refractivity contribution in [3.63, 3.8) is 0 Å². The maximum Gasteiger partial charge on any atom is 0.211 e. The van der Waals surface area contributed by atoms with E-state index in [1.54, 1.807) is 0 Å². The van der Waals surface area contributed by atoms with E-state index < -0.39 is 10.0 Å². The van der Waals surface area contributed by atoms with E-state index in [2.05, 4.69) is 29.6 Å². The van der Waals surface area contributed by atoms with Crippen LogP contribution >= 0.6 is 11.8 Å². The van der Waals surface area contributed by atoms with Gasteiger partial charge in [0.25, 0.3) is 0 Å². The van der Waals surface area contributed by atoms with Crippen molar-refractivity contribution in [2.24, 2.45) is 0 Å². The van der Waals surface area contributed by atoms with Crippen LogP contribution in [0.3, 0.4) is 0 Å². The minimum atomic E-state index is -3.07. The summed E-state index contributed by atoms with van der Waals surface area (Å²) in [5.41, 5.74) is 1.38. The van der Waals surface area contributed by atoms with E-state index in [0.717, 1.165) is 25.1 Å². The highest BCUT2D eigenvalue weighted by atomic mass is 32.2. The molecule has 0 saturated carbocycles. The van der Waals surface area contributed by atoms with Gasteiger partial charge in [0.2, 0.25) is 10.0 Å². The van der Waals surface area contributed by atoms with Gasteiger partial charge in [0.15, 0.2) is 0 Å². The first-order valence-electron chi connectivity index (χ1n) is 7.42. The summed E-state index contributed by atoms with van der Waals surface area (Å²) in [7, 11) is -3.07. The summed E-state index contributed by atoms with van der Waals surface area (Å²) in [6.45, 7) is 3.85. The van der Waals surface area contributed by atoms with Crippen molar-refractivity contribution in [2.75, 3.05) is 31.6 Å². The second kappa shape index (κ2) is 7.63. The summed E-state index contributed by atoms with van der Waals surface area (Å²) in [5.74, 6) is 1.14. The van der Waals surface area contributed by atoms with Gasteiger partial charge in [-0.15, -0.1) is 11.8 Å². The lowest BCUT2D eigenvalue weighted by Gasteiger charge is -2.26. The Morgan fingerprint density at radius 1 is 1.38 bits per heavy atom. The van der Waals surface area contributed by atoms with Gasteiger partial charge in [-0.2, -0.15) is 0 Å². The molecule has 1 unspecified atom stereocenters. The first-order valence-corrected chi connectivity index (χ1v) is 10.3. The summed E-state index contributed by atoms with van der Waals surface area (Å²) in [6, 6.07) is 8.93. The second-order valence-electron chi connectivity index (χ2n) is 5.29. The molecule has 0 radical (unpaired) electrons. The largest absolute Gasteiger partial charge is 0.310 e. The number of thioether (sulfide) groups is 1. The van der Waals surface area contributed by atoms with E-state index in [9.17, 15) is 8.42 Å². The molecule has 0 spiro atoms. The van der Waals surface area contributed by atoms with E-state index in [-0.39, 0.29) is 0 Å². The number of hydrogen-bond acceptors (Lipinski definition) is 4. The zero-order valence-corrected chi connectivity index (χ0v) is 14.3. The topological polar surface area (TPSA) is 49.4 Å². The normalized spacial score (nSPS) is 18.7. The lowest BCUT2D eigenvalue weighted by atomic mass is 10.0. The van der Waals surface area contributed by atoms with Crippen LogP contribution in [0.2, 0.25) is 0 Å². The minimum absolute atomic E-state index is 0.399. The molecule has 0 aromatic heterocycles. The predicted octanol–water partition coefficient (Wildman–Crippen LogP) is 2.48. The molecule has 1 heterocycles. The molecule has 1 aliphatic heterocycles. The molecule has 1 N–H and O–H groups in total. The summed E-state index contributed by atoms with van der Waals surface area (Å²) in [5, 5.41) is 3.57. The molecule has 1 aliphatic rings. The third kappa shape index (κ3) is 4.71. The number of nitrogens with one attached hydrogen (secondary N) is 1. The van der Waals surface area contributed by atoms with Crippen molar-refractivity contribution in [3.05, 3.63) is 29.8 Å². The number of hydrogen-bond donors (Lipinski definition) is 1. The SMILES string of the molecule is CCN(CCCNC1CCSc2ccccc21)S(C)(=O)=O. The average Bonchev–Trinajstić information content (AvgIpc) is 2.46. The molecule has 0 fully saturated rings. The molecular formula is C15H24N2O2S2. The van der Waals surface area contributed by atoms with Crippen LogP contribution < -0.4 is 5.32 Å². The van der Waals surface area contributed by atoms with Crippen molar-refractivity contribution in [2.45, 2.75) is 30.7 Å². The molecule has 2 rings (SSSR count). The first-order chi connectivity index (χ1) is 10.0. The second-order valence-corrected chi connectivity index (χ2v) is 8.41. The lowest BCUT2D eigenvalue weighted by Crippen LogP contribution is -2.33. The Morgan fingerprint density at radius 3 is 2.86 bits per heavy atom. The fourth-order valence-electron chi connectivity index (χ4n) is 2.64. The number of fused-ring (bicyclic) bond motifs is 1. The van der Waals surface area contributed by atoms with E-state index >= 15 is 0 Å². The molecule has 1 aromatic rings. The predicted molar refractivity (Wildman–Crippen MR) is 89.2 cm³/mol. The molecule has 1 aromatic carbocycles. The molecule has 1 atom stereocenters. The van der Waals surface area contributed by atoms with E-state index in [4.69, 9.17) is 0 Å². The van der Waals surface area contributed by atoms with Crippen molar-refractivity contribution in [3.8, 4) is 0 Å². The van der Waals surface area contributed by atoms with E-state index in [0.29, 0.717) is 19.1 Å². The van der Waals surface area contributed by atoms with Gasteiger partial charge in [0, 0.05) is 24.0 Å². The van der Waals surface area contributed by atoms with Crippen molar-refractivity contribution in [1.29, 1.82) is 0 Å². The van der Waals surface area contributed by atoms with Crippen LogP contribution in [0.5, 0.6) is 0 Å². The monoisotopic (exact) mass is 328 g/mol. The van der Waals surface area contributed by atoms with Crippen molar-refractivity contribution in [1.82, 2.24) is 9.62 Å². The van der Waals surface area contributed by atoms with Gasteiger partial charge < -0.3 is 5.32 Å². The van der Waals surface area contributed by atoms with Crippen LogP contribution in [-0.2, 0) is 10.0 Å². The molecule has 4 nitrogen and oxygen atoms in total. The van der Waals surface area contributed by atoms with Gasteiger partial charge in [-0.05, 0) is 36.8 Å². The molecule has 21 heavy (non-hydrogen) atoms. The first kappa shape index (κ1) is 16.8. The highest BCUT2D eigenvalue weighted by Gasteiger charge is 2.19. The number of benzene rings is 1. The maximum absolute atomic E-state index is 11.5. The van der Waals surface area contributed by atoms with Crippen molar-refractivity contribution < 1.29 is 8.42 Å². The zero-order chi connectivity index (χ0) is 15.3. The molecule has 0 amide bonds. The van der Waals surface area contributed by atoms with Gasteiger partial charge >= 0.3 is 0 Å². The fraction of sp³-hybridized carbons (Fsp3) is 0.600. The Labute approximate surface area is 132 Å². The Balaban J connectivity index is 1.82. The van der Waals surface area contributed by atoms with Crippen LogP contribution in [0.4, 0.5) is 0 Å². The van der Waals surface area contributed by atoms with E-state index in [1.165, 1.54) is 21.0 Å². The van der Waals surface area contributed by atoms with Crippen LogP contribution in [0.1, 0.15) is 31.4 Å². The third-order valence-electron chi connectivity index (χ3n) is 3.76. The number of sulfonamides is 1. The zero-order valence-electron chi connectivity index (χ0n) is 12.7. The number of rotatable bonds is 7. The smallest absolute Gasteiger partial charge is 0.211 e. The number of nitrogens with zero attached hydrogens (tertiary/aromatic N) is 1. The summed E-state index contributed by atoms with van der Waals surface area (Å²) >= 11 is 1.92. The van der Waals surface area contributed by atoms with Gasteiger partial charge in [-0.1, -0.05) is 25.1 Å². The van der Waals surface area contributed by atoms with Gasteiger partial charge in [-0.25, -0.2) is 12.7 Å². The molecule has 6 heteroatoms. The highest BCUT2D eigenvalue weighted by Crippen LogP contribution is 2.35. The average molecular weight is 329 g/mol. The van der Waals surface area contributed by atoms with Crippen LogP contribution in [0.25, 0.3) is 0 Å². The Bertz CT molecular complexity index is 561. The maximum atomic E-state index is 11.5. The summed E-state index contributed by atoms with van der Waals surface area (Å²) < 4.78 is 24.6. The molecule has 0 aliphatic carbocycles. The third-order valence-corrected chi connectivity index (χ3v) is 6.26. The molecule has 0 bridgehead atoms. The van der Waals surface area contributed by atoms with Gasteiger partial charge in [0.1, 0.15) is 0 Å². The standard InChI is InChI=1S/C15H24N2O2S2/c1-3-17(21(2,18)19)11-6-10-16-14-9-12-20-15-8-5-4-7-13(14)15/h4-5,7-8,14,16H,3,6,9-12H2,1-2H3. The molecule has 118 valence electrons.